The largest absolute Gasteiger partial charge is 0.356 e. The smallest absolute Gasteiger partial charge is 0.101 e. The van der Waals surface area contributed by atoms with Crippen molar-refractivity contribution in [2.24, 2.45) is 0 Å². The molecule has 1 unspecified atom stereocenters. The van der Waals surface area contributed by atoms with Crippen molar-refractivity contribution in [3.05, 3.63) is 12.4 Å². The van der Waals surface area contributed by atoms with E-state index in [0.29, 0.717) is 6.17 Å². The second-order valence-corrected chi connectivity index (χ2v) is 15.7. The van der Waals surface area contributed by atoms with Crippen molar-refractivity contribution in [2.75, 3.05) is 13.1 Å². The van der Waals surface area contributed by atoms with E-state index in [1.54, 1.807) is 0 Å². The lowest BCUT2D eigenvalue weighted by Gasteiger charge is -2.33. The van der Waals surface area contributed by atoms with Crippen LogP contribution in [0.3, 0.4) is 0 Å². The minimum absolute atomic E-state index is 0.638. The van der Waals surface area contributed by atoms with Crippen molar-refractivity contribution in [3.8, 4) is 0 Å². The molecule has 0 amide bonds. The summed E-state index contributed by atoms with van der Waals surface area (Å²) in [6.07, 6.45) is 58.9. The van der Waals surface area contributed by atoms with Crippen LogP contribution < -0.4 is 0 Å². The Morgan fingerprint density at radius 3 is 0.745 bits per heavy atom. The van der Waals surface area contributed by atoms with Crippen molar-refractivity contribution in [3.63, 3.8) is 0 Å². The fourth-order valence-electron chi connectivity index (χ4n) is 7.78. The number of hydrogen-bond donors (Lipinski definition) is 0. The van der Waals surface area contributed by atoms with Crippen molar-refractivity contribution in [1.82, 2.24) is 9.80 Å². The molecule has 1 atom stereocenters. The Labute approximate surface area is 299 Å². The van der Waals surface area contributed by atoms with Gasteiger partial charge < -0.3 is 9.80 Å². The highest BCUT2D eigenvalue weighted by Gasteiger charge is 2.24. The summed E-state index contributed by atoms with van der Waals surface area (Å²) in [6, 6.07) is 0. The molecule has 0 bridgehead atoms. The maximum Gasteiger partial charge on any atom is 0.101 e. The highest BCUT2D eigenvalue weighted by molar-refractivity contribution is 4.97. The van der Waals surface area contributed by atoms with Gasteiger partial charge in [-0.3, -0.25) is 0 Å². The van der Waals surface area contributed by atoms with Crippen LogP contribution in [0.15, 0.2) is 12.4 Å². The third-order valence-corrected chi connectivity index (χ3v) is 11.1. The number of rotatable bonds is 39. The first-order valence-corrected chi connectivity index (χ1v) is 22.5. The van der Waals surface area contributed by atoms with Gasteiger partial charge in [0.25, 0.3) is 0 Å². The molecule has 0 aromatic heterocycles. The highest BCUT2D eigenvalue weighted by atomic mass is 15.4. The highest BCUT2D eigenvalue weighted by Crippen LogP contribution is 2.24. The Balaban J connectivity index is 2.15. The van der Waals surface area contributed by atoms with E-state index in [0.717, 1.165) is 0 Å². The summed E-state index contributed by atoms with van der Waals surface area (Å²) >= 11 is 0. The minimum atomic E-state index is 0.638. The van der Waals surface area contributed by atoms with Crippen LogP contribution in [0, 0.1) is 0 Å². The molecule has 1 heterocycles. The van der Waals surface area contributed by atoms with Crippen molar-refractivity contribution < 1.29 is 0 Å². The molecule has 0 fully saturated rings. The van der Waals surface area contributed by atoms with Gasteiger partial charge in [-0.25, -0.2) is 0 Å². The van der Waals surface area contributed by atoms with E-state index in [4.69, 9.17) is 0 Å². The minimum Gasteiger partial charge on any atom is -0.356 e. The van der Waals surface area contributed by atoms with Crippen molar-refractivity contribution in [1.29, 1.82) is 0 Å². The van der Waals surface area contributed by atoms with Gasteiger partial charge in [0, 0.05) is 25.5 Å². The average Bonchev–Trinajstić information content (AvgIpc) is 3.47. The van der Waals surface area contributed by atoms with Crippen molar-refractivity contribution >= 4 is 0 Å². The monoisotopic (exact) mass is 659 g/mol. The van der Waals surface area contributed by atoms with E-state index >= 15 is 0 Å². The first-order valence-electron chi connectivity index (χ1n) is 22.5. The molecule has 2 nitrogen and oxygen atoms in total. The zero-order chi connectivity index (χ0) is 33.7. The molecule has 0 saturated heterocycles. The van der Waals surface area contributed by atoms with Crippen LogP contribution in [0.4, 0.5) is 0 Å². The molecule has 0 spiro atoms. The van der Waals surface area contributed by atoms with Gasteiger partial charge in [0.05, 0.1) is 0 Å². The number of hydrogen-bond acceptors (Lipinski definition) is 2. The Morgan fingerprint density at radius 1 is 0.277 bits per heavy atom. The van der Waals surface area contributed by atoms with Crippen molar-refractivity contribution in [2.45, 2.75) is 265 Å². The zero-order valence-corrected chi connectivity index (χ0v) is 33.2. The molecule has 0 aromatic carbocycles. The van der Waals surface area contributed by atoms with Gasteiger partial charge in [-0.1, -0.05) is 233 Å². The maximum absolute atomic E-state index is 2.73. The van der Waals surface area contributed by atoms with Crippen LogP contribution >= 0.6 is 0 Å². The molecule has 1 aliphatic heterocycles. The molecule has 280 valence electrons. The molecular weight excluding hydrogens is 569 g/mol. The first kappa shape index (κ1) is 44.4. The predicted molar refractivity (Wildman–Crippen MR) is 214 cm³/mol. The lowest BCUT2D eigenvalue weighted by atomic mass is 10.0. The van der Waals surface area contributed by atoms with Crippen LogP contribution in [0.25, 0.3) is 0 Å². The van der Waals surface area contributed by atoms with Gasteiger partial charge in [-0.15, -0.1) is 0 Å². The first-order chi connectivity index (χ1) is 23.3. The summed E-state index contributed by atoms with van der Waals surface area (Å²) in [5.74, 6) is 0. The molecule has 0 saturated carbocycles. The van der Waals surface area contributed by atoms with Gasteiger partial charge >= 0.3 is 0 Å². The zero-order valence-electron chi connectivity index (χ0n) is 33.2. The summed E-state index contributed by atoms with van der Waals surface area (Å²) in [6.45, 7) is 9.49. The molecule has 0 aromatic rings. The van der Waals surface area contributed by atoms with Gasteiger partial charge in [-0.2, -0.15) is 0 Å². The van der Waals surface area contributed by atoms with E-state index in [2.05, 4.69) is 43.0 Å². The Kier molecular flexibility index (Phi) is 34.6. The molecule has 1 rings (SSSR count). The van der Waals surface area contributed by atoms with E-state index in [-0.39, 0.29) is 0 Å². The Morgan fingerprint density at radius 2 is 0.489 bits per heavy atom. The van der Waals surface area contributed by atoms with Gasteiger partial charge in [-0.05, 0) is 25.7 Å². The van der Waals surface area contributed by atoms with E-state index in [1.165, 1.54) is 251 Å². The van der Waals surface area contributed by atoms with E-state index in [1.807, 2.05) is 0 Å². The summed E-state index contributed by atoms with van der Waals surface area (Å²) in [5.41, 5.74) is 0. The lowest BCUT2D eigenvalue weighted by molar-refractivity contribution is 0.135. The molecule has 47 heavy (non-hydrogen) atoms. The average molecular weight is 659 g/mol. The van der Waals surface area contributed by atoms with Gasteiger partial charge in [0.2, 0.25) is 0 Å². The molecule has 0 radical (unpaired) electrons. The summed E-state index contributed by atoms with van der Waals surface area (Å²) in [5, 5.41) is 0. The van der Waals surface area contributed by atoms with E-state index < -0.39 is 0 Å². The molecule has 0 aliphatic carbocycles. The number of unbranched alkanes of at least 4 members (excludes halogenated alkanes) is 33. The topological polar surface area (TPSA) is 6.48 Å². The van der Waals surface area contributed by atoms with Crippen LogP contribution in [0.2, 0.25) is 0 Å². The summed E-state index contributed by atoms with van der Waals surface area (Å²) < 4.78 is 0. The normalized spacial score (nSPS) is 14.7. The van der Waals surface area contributed by atoms with Crippen LogP contribution in [-0.4, -0.2) is 29.1 Å². The van der Waals surface area contributed by atoms with Crippen LogP contribution in [0.1, 0.15) is 258 Å². The standard InChI is InChI=1S/C45H90N2/c1-4-7-10-13-16-18-20-22-23-24-25-26-27-29-31-34-37-40-45-46(41-38-35-32-15-12-9-6-3)43-44-47(45)42-39-36-33-30-28-21-19-17-14-11-8-5-2/h43-45H,4-42H2,1-3H3. The third-order valence-electron chi connectivity index (χ3n) is 11.1. The van der Waals surface area contributed by atoms with E-state index in [9.17, 15) is 0 Å². The maximum atomic E-state index is 2.73. The van der Waals surface area contributed by atoms with Crippen LogP contribution in [0.5, 0.6) is 0 Å². The quantitative estimate of drug-likeness (QED) is 0.0606. The Bertz CT molecular complexity index is 615. The third kappa shape index (κ3) is 28.8. The fourth-order valence-corrected chi connectivity index (χ4v) is 7.78. The predicted octanol–water partition coefficient (Wildman–Crippen LogP) is 15.9. The summed E-state index contributed by atoms with van der Waals surface area (Å²) in [4.78, 5) is 5.45. The summed E-state index contributed by atoms with van der Waals surface area (Å²) in [7, 11) is 0. The SMILES string of the molecule is CCCCCCCCCCCCCCCCCCCC1N(CCCCCCCCC)C=CN1CCCCCCCCCCCCCC. The lowest BCUT2D eigenvalue weighted by Crippen LogP contribution is -2.39. The molecule has 0 N–H and O–H groups in total. The molecule has 2 heteroatoms. The van der Waals surface area contributed by atoms with Gasteiger partial charge in [0.1, 0.15) is 6.17 Å². The molecule has 1 aliphatic rings. The van der Waals surface area contributed by atoms with Crippen LogP contribution in [-0.2, 0) is 0 Å². The molecular formula is C45H90N2. The second-order valence-electron chi connectivity index (χ2n) is 15.7. The number of nitrogens with zero attached hydrogens (tertiary/aromatic N) is 2. The fraction of sp³-hybridized carbons (Fsp3) is 0.956. The second kappa shape index (κ2) is 36.6. The van der Waals surface area contributed by atoms with Gasteiger partial charge in [0.15, 0.2) is 0 Å². The Hall–Kier alpha value is -0.660.